The smallest absolute Gasteiger partial charge is 0.319 e. The molecule has 0 aliphatic carbocycles. The van der Waals surface area contributed by atoms with Crippen LogP contribution in [-0.2, 0) is 0 Å². The molecule has 1 atom stereocenters. The van der Waals surface area contributed by atoms with Crippen molar-refractivity contribution in [3.8, 4) is 0 Å². The topological polar surface area (TPSA) is 44.4 Å². The monoisotopic (exact) mass is 281 g/mol. The lowest BCUT2D eigenvalue weighted by Gasteiger charge is -2.29. The maximum absolute atomic E-state index is 11.8. The fourth-order valence-corrected chi connectivity index (χ4v) is 2.61. The van der Waals surface area contributed by atoms with Gasteiger partial charge in [-0.1, -0.05) is 17.7 Å². The zero-order valence-electron chi connectivity index (χ0n) is 11.2. The van der Waals surface area contributed by atoms with Crippen molar-refractivity contribution in [3.63, 3.8) is 0 Å². The van der Waals surface area contributed by atoms with Crippen LogP contribution in [0.15, 0.2) is 24.3 Å². The Labute approximate surface area is 119 Å². The third-order valence-corrected chi connectivity index (χ3v) is 3.59. The first-order chi connectivity index (χ1) is 9.13. The molecule has 1 heterocycles. The molecule has 0 unspecified atom stereocenters. The van der Waals surface area contributed by atoms with Gasteiger partial charge < -0.3 is 15.5 Å². The number of amides is 2. The zero-order valence-corrected chi connectivity index (χ0v) is 11.9. The molecule has 4 nitrogen and oxygen atoms in total. The number of hydrogen-bond donors (Lipinski definition) is 2. The van der Waals surface area contributed by atoms with Crippen molar-refractivity contribution in [3.05, 3.63) is 29.3 Å². The third kappa shape index (κ3) is 4.73. The molecule has 0 aromatic heterocycles. The van der Waals surface area contributed by atoms with Gasteiger partial charge in [0.05, 0.1) is 0 Å². The Kier molecular flexibility index (Phi) is 5.05. The van der Waals surface area contributed by atoms with Gasteiger partial charge in [0.2, 0.25) is 0 Å². The van der Waals surface area contributed by atoms with E-state index >= 15 is 0 Å². The summed E-state index contributed by atoms with van der Waals surface area (Å²) in [7, 11) is 2.12. The average molecular weight is 282 g/mol. The summed E-state index contributed by atoms with van der Waals surface area (Å²) < 4.78 is 0. The second kappa shape index (κ2) is 6.78. The van der Waals surface area contributed by atoms with Crippen molar-refractivity contribution in [2.75, 3.05) is 32.0 Å². The first-order valence-electron chi connectivity index (χ1n) is 6.62. The Morgan fingerprint density at radius 2 is 2.37 bits per heavy atom. The lowest BCUT2D eigenvalue weighted by Crippen LogP contribution is -2.40. The SMILES string of the molecule is CN1CCC[C@@H](CNC(=O)Nc2cccc(Cl)c2)C1. The highest BCUT2D eigenvalue weighted by atomic mass is 35.5. The average Bonchev–Trinajstić information content (AvgIpc) is 2.36. The highest BCUT2D eigenvalue weighted by molar-refractivity contribution is 6.30. The maximum Gasteiger partial charge on any atom is 0.319 e. The highest BCUT2D eigenvalue weighted by Crippen LogP contribution is 2.15. The van der Waals surface area contributed by atoms with E-state index in [0.29, 0.717) is 16.6 Å². The number of urea groups is 1. The maximum atomic E-state index is 11.8. The number of benzene rings is 1. The first kappa shape index (κ1) is 14.2. The molecule has 1 fully saturated rings. The van der Waals surface area contributed by atoms with Crippen molar-refractivity contribution in [1.82, 2.24) is 10.2 Å². The number of hydrogen-bond acceptors (Lipinski definition) is 2. The van der Waals surface area contributed by atoms with E-state index < -0.39 is 0 Å². The van der Waals surface area contributed by atoms with Crippen molar-refractivity contribution in [1.29, 1.82) is 0 Å². The summed E-state index contributed by atoms with van der Waals surface area (Å²) in [5, 5.41) is 6.32. The van der Waals surface area contributed by atoms with Crippen molar-refractivity contribution < 1.29 is 4.79 Å². The highest BCUT2D eigenvalue weighted by Gasteiger charge is 2.17. The molecule has 1 aliphatic rings. The van der Waals surface area contributed by atoms with Crippen LogP contribution in [0.25, 0.3) is 0 Å². The molecule has 2 amide bonds. The van der Waals surface area contributed by atoms with E-state index in [1.54, 1.807) is 12.1 Å². The predicted octanol–water partition coefficient (Wildman–Crippen LogP) is 2.80. The van der Waals surface area contributed by atoms with Gasteiger partial charge in [0.25, 0.3) is 0 Å². The lowest BCUT2D eigenvalue weighted by molar-refractivity contribution is 0.204. The van der Waals surface area contributed by atoms with Crippen molar-refractivity contribution in [2.45, 2.75) is 12.8 Å². The van der Waals surface area contributed by atoms with E-state index in [-0.39, 0.29) is 6.03 Å². The molecule has 5 heteroatoms. The van der Waals surface area contributed by atoms with Crippen LogP contribution in [-0.4, -0.2) is 37.6 Å². The number of rotatable bonds is 3. The van der Waals surface area contributed by atoms with E-state index in [0.717, 1.165) is 19.6 Å². The molecule has 2 N–H and O–H groups in total. The molecule has 0 saturated carbocycles. The predicted molar refractivity (Wildman–Crippen MR) is 78.7 cm³/mol. The summed E-state index contributed by atoms with van der Waals surface area (Å²) in [6.45, 7) is 2.93. The van der Waals surface area contributed by atoms with Gasteiger partial charge in [-0.25, -0.2) is 4.79 Å². The van der Waals surface area contributed by atoms with Crippen LogP contribution in [0.2, 0.25) is 5.02 Å². The molecule has 104 valence electrons. The molecular formula is C14H20ClN3O. The second-order valence-corrected chi connectivity index (χ2v) is 5.55. The molecule has 0 bridgehead atoms. The normalized spacial score (nSPS) is 20.0. The van der Waals surface area contributed by atoms with Gasteiger partial charge in [0.1, 0.15) is 0 Å². The van der Waals surface area contributed by atoms with Gasteiger partial charge in [-0.05, 0) is 50.6 Å². The summed E-state index contributed by atoms with van der Waals surface area (Å²) >= 11 is 5.87. The summed E-state index contributed by atoms with van der Waals surface area (Å²) in [6.07, 6.45) is 2.39. The number of halogens is 1. The van der Waals surface area contributed by atoms with Gasteiger partial charge in [-0.3, -0.25) is 0 Å². The number of carbonyl (C=O) groups is 1. The molecule has 1 aromatic carbocycles. The number of carbonyl (C=O) groups excluding carboxylic acids is 1. The fraction of sp³-hybridized carbons (Fsp3) is 0.500. The van der Waals surface area contributed by atoms with E-state index in [9.17, 15) is 4.79 Å². The summed E-state index contributed by atoms with van der Waals surface area (Å²) in [6, 6.07) is 6.97. The van der Waals surface area contributed by atoms with Crippen LogP contribution in [0.1, 0.15) is 12.8 Å². The largest absolute Gasteiger partial charge is 0.338 e. The lowest BCUT2D eigenvalue weighted by atomic mass is 9.99. The molecule has 0 radical (unpaired) electrons. The molecule has 19 heavy (non-hydrogen) atoms. The molecular weight excluding hydrogens is 262 g/mol. The van der Waals surface area contributed by atoms with Crippen LogP contribution in [0, 0.1) is 5.92 Å². The Morgan fingerprint density at radius 3 is 3.11 bits per heavy atom. The summed E-state index contributed by atoms with van der Waals surface area (Å²) in [5.74, 6) is 0.545. The Hall–Kier alpha value is -1.26. The standard InChI is InChI=1S/C14H20ClN3O/c1-18-7-3-4-11(10-18)9-16-14(19)17-13-6-2-5-12(15)8-13/h2,5-6,8,11H,3-4,7,9-10H2,1H3,(H2,16,17,19)/t11-/m0/s1. The fourth-order valence-electron chi connectivity index (χ4n) is 2.42. The Morgan fingerprint density at radius 1 is 1.53 bits per heavy atom. The van der Waals surface area contributed by atoms with Gasteiger partial charge in [-0.2, -0.15) is 0 Å². The third-order valence-electron chi connectivity index (χ3n) is 3.36. The van der Waals surface area contributed by atoms with Crippen molar-refractivity contribution in [2.24, 2.45) is 5.92 Å². The minimum atomic E-state index is -0.171. The number of piperidine rings is 1. The zero-order chi connectivity index (χ0) is 13.7. The molecule has 1 saturated heterocycles. The number of nitrogens with zero attached hydrogens (tertiary/aromatic N) is 1. The van der Waals surface area contributed by atoms with Gasteiger partial charge in [0, 0.05) is 23.8 Å². The molecule has 1 aromatic rings. The second-order valence-electron chi connectivity index (χ2n) is 5.12. The number of likely N-dealkylation sites (tertiary alicyclic amines) is 1. The van der Waals surface area contributed by atoms with E-state index in [2.05, 4.69) is 22.6 Å². The Bertz CT molecular complexity index is 438. The van der Waals surface area contributed by atoms with E-state index in [1.807, 2.05) is 12.1 Å². The van der Waals surface area contributed by atoms with Crippen molar-refractivity contribution >= 4 is 23.3 Å². The minimum absolute atomic E-state index is 0.171. The molecule has 1 aliphatic heterocycles. The van der Waals surface area contributed by atoms with Gasteiger partial charge in [0.15, 0.2) is 0 Å². The van der Waals surface area contributed by atoms with E-state index in [1.165, 1.54) is 12.8 Å². The van der Waals surface area contributed by atoms with Crippen LogP contribution < -0.4 is 10.6 Å². The summed E-state index contributed by atoms with van der Waals surface area (Å²) in [5.41, 5.74) is 0.714. The van der Waals surface area contributed by atoms with E-state index in [4.69, 9.17) is 11.6 Å². The summed E-state index contributed by atoms with van der Waals surface area (Å²) in [4.78, 5) is 14.1. The molecule has 2 rings (SSSR count). The van der Waals surface area contributed by atoms with Crippen LogP contribution >= 0.6 is 11.6 Å². The minimum Gasteiger partial charge on any atom is -0.338 e. The first-order valence-corrected chi connectivity index (χ1v) is 7.00. The van der Waals surface area contributed by atoms with Crippen LogP contribution in [0.5, 0.6) is 0 Å². The van der Waals surface area contributed by atoms with Crippen LogP contribution in [0.3, 0.4) is 0 Å². The van der Waals surface area contributed by atoms with Crippen LogP contribution in [0.4, 0.5) is 10.5 Å². The molecule has 0 spiro atoms. The van der Waals surface area contributed by atoms with Gasteiger partial charge in [-0.15, -0.1) is 0 Å². The quantitative estimate of drug-likeness (QED) is 0.895. The number of anilines is 1. The van der Waals surface area contributed by atoms with Gasteiger partial charge >= 0.3 is 6.03 Å². The Balaban J connectivity index is 1.75. The number of nitrogens with one attached hydrogen (secondary N) is 2.